The van der Waals surface area contributed by atoms with Crippen LogP contribution < -0.4 is 10.1 Å². The molecular formula is C12H16F3NO2. The average molecular weight is 263 g/mol. The molecule has 0 aliphatic heterocycles. The highest BCUT2D eigenvalue weighted by Gasteiger charge is 2.31. The Labute approximate surface area is 104 Å². The molecule has 0 fully saturated rings. The van der Waals surface area contributed by atoms with Gasteiger partial charge in [0, 0.05) is 0 Å². The molecule has 0 radical (unpaired) electrons. The van der Waals surface area contributed by atoms with Gasteiger partial charge in [0.25, 0.3) is 0 Å². The van der Waals surface area contributed by atoms with E-state index in [0.29, 0.717) is 12.1 Å². The van der Waals surface area contributed by atoms with E-state index in [1.807, 2.05) is 6.92 Å². The van der Waals surface area contributed by atoms with Crippen molar-refractivity contribution in [3.05, 3.63) is 29.8 Å². The minimum atomic E-state index is -4.70. The second-order valence-corrected chi connectivity index (χ2v) is 3.81. The molecule has 1 aromatic carbocycles. The molecular weight excluding hydrogens is 247 g/mol. The monoisotopic (exact) mass is 263 g/mol. The van der Waals surface area contributed by atoms with E-state index in [0.717, 1.165) is 6.42 Å². The molecule has 6 heteroatoms. The van der Waals surface area contributed by atoms with Crippen LogP contribution in [0, 0.1) is 0 Å². The zero-order valence-corrected chi connectivity index (χ0v) is 10.00. The molecule has 102 valence electrons. The highest BCUT2D eigenvalue weighted by atomic mass is 19.4. The van der Waals surface area contributed by atoms with Crippen LogP contribution in [-0.2, 0) is 0 Å². The van der Waals surface area contributed by atoms with Gasteiger partial charge in [-0.15, -0.1) is 13.2 Å². The van der Waals surface area contributed by atoms with Crippen molar-refractivity contribution in [3.8, 4) is 5.75 Å². The van der Waals surface area contributed by atoms with E-state index in [9.17, 15) is 18.3 Å². The zero-order valence-electron chi connectivity index (χ0n) is 10.00. The standard InChI is InChI=1S/C12H16F3NO2/c1-2-6-16-11(8-17)9-4-3-5-10(7-9)18-12(13,14)15/h3-5,7,11,16-17H,2,6,8H2,1H3. The maximum atomic E-state index is 12.1. The fraction of sp³-hybridized carbons (Fsp3) is 0.500. The van der Waals surface area contributed by atoms with Gasteiger partial charge in [-0.05, 0) is 30.7 Å². The van der Waals surface area contributed by atoms with Gasteiger partial charge in [0.15, 0.2) is 0 Å². The summed E-state index contributed by atoms with van der Waals surface area (Å²) < 4.78 is 40.0. The van der Waals surface area contributed by atoms with E-state index < -0.39 is 6.36 Å². The molecule has 0 spiro atoms. The van der Waals surface area contributed by atoms with Crippen molar-refractivity contribution in [2.24, 2.45) is 0 Å². The Balaban J connectivity index is 2.79. The van der Waals surface area contributed by atoms with E-state index in [2.05, 4.69) is 10.1 Å². The Morgan fingerprint density at radius 2 is 2.11 bits per heavy atom. The Hall–Kier alpha value is -1.27. The third kappa shape index (κ3) is 4.93. The van der Waals surface area contributed by atoms with E-state index in [-0.39, 0.29) is 18.4 Å². The van der Waals surface area contributed by atoms with Crippen molar-refractivity contribution < 1.29 is 23.0 Å². The van der Waals surface area contributed by atoms with Crippen LogP contribution in [-0.4, -0.2) is 24.6 Å². The lowest BCUT2D eigenvalue weighted by atomic mass is 10.1. The molecule has 1 aromatic rings. The number of halogens is 3. The Kier molecular flexibility index (Phi) is 5.43. The van der Waals surface area contributed by atoms with Gasteiger partial charge in [-0.2, -0.15) is 0 Å². The van der Waals surface area contributed by atoms with Gasteiger partial charge in [-0.3, -0.25) is 0 Å². The molecule has 0 bridgehead atoms. The SMILES string of the molecule is CCCNC(CO)c1cccc(OC(F)(F)F)c1. The fourth-order valence-corrected chi connectivity index (χ4v) is 1.53. The predicted molar refractivity (Wildman–Crippen MR) is 61.2 cm³/mol. The summed E-state index contributed by atoms with van der Waals surface area (Å²) >= 11 is 0. The zero-order chi connectivity index (χ0) is 13.6. The molecule has 0 amide bonds. The van der Waals surface area contributed by atoms with Crippen LogP contribution in [0.15, 0.2) is 24.3 Å². The first-order valence-electron chi connectivity index (χ1n) is 5.66. The number of ether oxygens (including phenoxy) is 1. The molecule has 1 rings (SSSR count). The smallest absolute Gasteiger partial charge is 0.406 e. The van der Waals surface area contributed by atoms with Gasteiger partial charge in [-0.1, -0.05) is 19.1 Å². The van der Waals surface area contributed by atoms with Gasteiger partial charge in [0.2, 0.25) is 0 Å². The maximum Gasteiger partial charge on any atom is 0.573 e. The van der Waals surface area contributed by atoms with Crippen molar-refractivity contribution in [2.45, 2.75) is 25.7 Å². The largest absolute Gasteiger partial charge is 0.573 e. The van der Waals surface area contributed by atoms with E-state index >= 15 is 0 Å². The number of hydrogen-bond donors (Lipinski definition) is 2. The summed E-state index contributed by atoms with van der Waals surface area (Å²) in [6.45, 7) is 2.45. The molecule has 0 saturated carbocycles. The highest BCUT2D eigenvalue weighted by molar-refractivity contribution is 5.30. The molecule has 0 saturated heterocycles. The average Bonchev–Trinajstić information content (AvgIpc) is 2.28. The van der Waals surface area contributed by atoms with Gasteiger partial charge < -0.3 is 15.2 Å². The van der Waals surface area contributed by atoms with Crippen LogP contribution in [0.1, 0.15) is 24.9 Å². The number of nitrogens with one attached hydrogen (secondary N) is 1. The normalized spacial score (nSPS) is 13.4. The molecule has 0 aliphatic carbocycles. The summed E-state index contributed by atoms with van der Waals surface area (Å²) in [6, 6.07) is 5.23. The Morgan fingerprint density at radius 3 is 2.67 bits per heavy atom. The number of rotatable bonds is 6. The topological polar surface area (TPSA) is 41.5 Å². The summed E-state index contributed by atoms with van der Waals surface area (Å²) in [5.74, 6) is -0.281. The van der Waals surface area contributed by atoms with E-state index in [1.165, 1.54) is 18.2 Å². The van der Waals surface area contributed by atoms with Crippen LogP contribution in [0.25, 0.3) is 0 Å². The number of benzene rings is 1. The number of alkyl halides is 3. The van der Waals surface area contributed by atoms with Crippen LogP contribution in [0.3, 0.4) is 0 Å². The Bertz CT molecular complexity index is 369. The predicted octanol–water partition coefficient (Wildman–Crippen LogP) is 2.62. The Morgan fingerprint density at radius 1 is 1.39 bits per heavy atom. The third-order valence-electron chi connectivity index (χ3n) is 2.32. The van der Waals surface area contributed by atoms with Crippen molar-refractivity contribution in [1.82, 2.24) is 5.32 Å². The lowest BCUT2D eigenvalue weighted by Gasteiger charge is -2.17. The lowest BCUT2D eigenvalue weighted by Crippen LogP contribution is -2.25. The molecule has 18 heavy (non-hydrogen) atoms. The molecule has 2 N–H and O–H groups in total. The van der Waals surface area contributed by atoms with E-state index in [4.69, 9.17) is 0 Å². The second kappa shape index (κ2) is 6.61. The molecule has 0 aromatic heterocycles. The van der Waals surface area contributed by atoms with Gasteiger partial charge in [-0.25, -0.2) is 0 Å². The minimum Gasteiger partial charge on any atom is -0.406 e. The molecule has 1 unspecified atom stereocenters. The fourth-order valence-electron chi connectivity index (χ4n) is 1.53. The maximum absolute atomic E-state index is 12.1. The summed E-state index contributed by atoms with van der Waals surface area (Å²) in [4.78, 5) is 0. The lowest BCUT2D eigenvalue weighted by molar-refractivity contribution is -0.274. The summed E-state index contributed by atoms with van der Waals surface area (Å²) in [5, 5.41) is 12.2. The molecule has 0 heterocycles. The van der Waals surface area contributed by atoms with Crippen molar-refractivity contribution in [1.29, 1.82) is 0 Å². The third-order valence-corrected chi connectivity index (χ3v) is 2.32. The van der Waals surface area contributed by atoms with Gasteiger partial charge in [0.1, 0.15) is 5.75 Å². The first-order chi connectivity index (χ1) is 8.46. The minimum absolute atomic E-state index is 0.185. The van der Waals surface area contributed by atoms with Crippen molar-refractivity contribution in [3.63, 3.8) is 0 Å². The first-order valence-corrected chi connectivity index (χ1v) is 5.66. The number of hydrogen-bond acceptors (Lipinski definition) is 3. The summed E-state index contributed by atoms with van der Waals surface area (Å²) in [5.41, 5.74) is 0.563. The molecule has 1 atom stereocenters. The van der Waals surface area contributed by atoms with E-state index in [1.54, 1.807) is 6.07 Å². The van der Waals surface area contributed by atoms with Crippen LogP contribution in [0.5, 0.6) is 5.75 Å². The number of aliphatic hydroxyl groups excluding tert-OH is 1. The van der Waals surface area contributed by atoms with Gasteiger partial charge >= 0.3 is 6.36 Å². The van der Waals surface area contributed by atoms with Crippen LogP contribution in [0.2, 0.25) is 0 Å². The summed E-state index contributed by atoms with van der Waals surface area (Å²) in [6.07, 6.45) is -3.83. The van der Waals surface area contributed by atoms with Crippen LogP contribution in [0.4, 0.5) is 13.2 Å². The number of aliphatic hydroxyl groups is 1. The highest BCUT2D eigenvalue weighted by Crippen LogP contribution is 2.25. The quantitative estimate of drug-likeness (QED) is 0.829. The van der Waals surface area contributed by atoms with Crippen molar-refractivity contribution >= 4 is 0 Å². The van der Waals surface area contributed by atoms with Crippen LogP contribution >= 0.6 is 0 Å². The van der Waals surface area contributed by atoms with Crippen molar-refractivity contribution in [2.75, 3.05) is 13.2 Å². The van der Waals surface area contributed by atoms with Gasteiger partial charge in [0.05, 0.1) is 12.6 Å². The molecule has 3 nitrogen and oxygen atoms in total. The second-order valence-electron chi connectivity index (χ2n) is 3.81. The molecule has 0 aliphatic rings. The first kappa shape index (κ1) is 14.8. The summed E-state index contributed by atoms with van der Waals surface area (Å²) in [7, 11) is 0.